The molecule has 0 unspecified atom stereocenters. The zero-order chi connectivity index (χ0) is 13.2. The van der Waals surface area contributed by atoms with Crippen molar-refractivity contribution < 1.29 is 0 Å². The van der Waals surface area contributed by atoms with E-state index in [0.717, 1.165) is 18.5 Å². The highest BCUT2D eigenvalue weighted by atomic mass is 14.9. The minimum absolute atomic E-state index is 0.189. The Morgan fingerprint density at radius 1 is 1.17 bits per heavy atom. The molecular weight excluding hydrogens is 220 g/mol. The maximum atomic E-state index is 4.39. The highest BCUT2D eigenvalue weighted by Crippen LogP contribution is 2.17. The van der Waals surface area contributed by atoms with Gasteiger partial charge in [0.25, 0.3) is 0 Å². The number of benzene rings is 1. The van der Waals surface area contributed by atoms with Crippen molar-refractivity contribution in [3.8, 4) is 0 Å². The van der Waals surface area contributed by atoms with Crippen molar-refractivity contribution in [1.82, 2.24) is 10.3 Å². The SMILES string of the molecule is Cc1ccnc2ccc(CCNC(C)(C)C)cc12. The molecule has 0 aliphatic heterocycles. The molecule has 0 bridgehead atoms. The first kappa shape index (κ1) is 13.0. The summed E-state index contributed by atoms with van der Waals surface area (Å²) >= 11 is 0. The minimum atomic E-state index is 0.189. The van der Waals surface area contributed by atoms with Gasteiger partial charge in [0.1, 0.15) is 0 Å². The van der Waals surface area contributed by atoms with Crippen LogP contribution in [-0.2, 0) is 6.42 Å². The zero-order valence-corrected chi connectivity index (χ0v) is 11.7. The highest BCUT2D eigenvalue weighted by Gasteiger charge is 2.08. The second-order valence-electron chi connectivity index (χ2n) is 5.91. The van der Waals surface area contributed by atoms with Crippen LogP contribution in [-0.4, -0.2) is 17.1 Å². The van der Waals surface area contributed by atoms with Crippen LogP contribution in [0.3, 0.4) is 0 Å². The molecule has 18 heavy (non-hydrogen) atoms. The van der Waals surface area contributed by atoms with Crippen molar-refractivity contribution in [3.63, 3.8) is 0 Å². The molecule has 0 amide bonds. The van der Waals surface area contributed by atoms with Crippen molar-refractivity contribution >= 4 is 10.9 Å². The van der Waals surface area contributed by atoms with Crippen molar-refractivity contribution in [2.24, 2.45) is 0 Å². The van der Waals surface area contributed by atoms with Gasteiger partial charge in [0.05, 0.1) is 5.52 Å². The maximum Gasteiger partial charge on any atom is 0.0704 e. The van der Waals surface area contributed by atoms with Gasteiger partial charge in [-0.1, -0.05) is 6.07 Å². The third kappa shape index (κ3) is 3.30. The molecule has 0 fully saturated rings. The summed E-state index contributed by atoms with van der Waals surface area (Å²) < 4.78 is 0. The van der Waals surface area contributed by atoms with Gasteiger partial charge in [0.15, 0.2) is 0 Å². The van der Waals surface area contributed by atoms with Gasteiger partial charge in [-0.2, -0.15) is 0 Å². The first-order valence-corrected chi connectivity index (χ1v) is 6.55. The molecular formula is C16H22N2. The molecule has 96 valence electrons. The predicted octanol–water partition coefficient (Wildman–Crippen LogP) is 3.47. The number of aryl methyl sites for hydroxylation is 1. The summed E-state index contributed by atoms with van der Waals surface area (Å²) in [5.41, 5.74) is 3.94. The molecule has 1 N–H and O–H groups in total. The summed E-state index contributed by atoms with van der Waals surface area (Å²) in [4.78, 5) is 4.39. The second-order valence-corrected chi connectivity index (χ2v) is 5.91. The molecule has 2 heteroatoms. The lowest BCUT2D eigenvalue weighted by molar-refractivity contribution is 0.429. The van der Waals surface area contributed by atoms with Crippen molar-refractivity contribution in [3.05, 3.63) is 41.6 Å². The summed E-state index contributed by atoms with van der Waals surface area (Å²) in [6, 6.07) is 8.63. The van der Waals surface area contributed by atoms with Gasteiger partial charge >= 0.3 is 0 Å². The Hall–Kier alpha value is -1.41. The van der Waals surface area contributed by atoms with E-state index in [9.17, 15) is 0 Å². The Balaban J connectivity index is 2.13. The van der Waals surface area contributed by atoms with E-state index >= 15 is 0 Å². The minimum Gasteiger partial charge on any atom is -0.312 e. The summed E-state index contributed by atoms with van der Waals surface area (Å²) in [6.45, 7) is 9.74. The molecule has 1 aromatic heterocycles. The van der Waals surface area contributed by atoms with E-state index in [0.29, 0.717) is 0 Å². The standard InChI is InChI=1S/C16H22N2/c1-12-7-9-17-15-6-5-13(11-14(12)15)8-10-18-16(2,3)4/h5-7,9,11,18H,8,10H2,1-4H3. The van der Waals surface area contributed by atoms with Gasteiger partial charge < -0.3 is 5.32 Å². The first-order valence-electron chi connectivity index (χ1n) is 6.55. The summed E-state index contributed by atoms with van der Waals surface area (Å²) in [5.74, 6) is 0. The van der Waals surface area contributed by atoms with Gasteiger partial charge in [0.2, 0.25) is 0 Å². The van der Waals surface area contributed by atoms with Crippen LogP contribution >= 0.6 is 0 Å². The number of hydrogen-bond acceptors (Lipinski definition) is 2. The van der Waals surface area contributed by atoms with E-state index in [1.807, 2.05) is 6.20 Å². The smallest absolute Gasteiger partial charge is 0.0704 e. The van der Waals surface area contributed by atoms with Crippen LogP contribution < -0.4 is 5.32 Å². The quantitative estimate of drug-likeness (QED) is 0.891. The van der Waals surface area contributed by atoms with E-state index in [4.69, 9.17) is 0 Å². The monoisotopic (exact) mass is 242 g/mol. The van der Waals surface area contributed by atoms with Crippen LogP contribution in [0, 0.1) is 6.92 Å². The van der Waals surface area contributed by atoms with Crippen LogP contribution in [0.15, 0.2) is 30.5 Å². The van der Waals surface area contributed by atoms with Gasteiger partial charge in [-0.3, -0.25) is 4.98 Å². The lowest BCUT2D eigenvalue weighted by Gasteiger charge is -2.20. The Bertz CT molecular complexity index is 538. The Labute approximate surface area is 109 Å². The molecule has 2 nitrogen and oxygen atoms in total. The molecule has 1 heterocycles. The molecule has 0 aliphatic carbocycles. The van der Waals surface area contributed by atoms with Crippen molar-refractivity contribution in [2.45, 2.75) is 39.7 Å². The molecule has 0 atom stereocenters. The Kier molecular flexibility index (Phi) is 3.67. The fraction of sp³-hybridized carbons (Fsp3) is 0.438. The molecule has 0 spiro atoms. The van der Waals surface area contributed by atoms with Crippen LogP contribution in [0.2, 0.25) is 0 Å². The molecule has 0 radical (unpaired) electrons. The summed E-state index contributed by atoms with van der Waals surface area (Å²) in [7, 11) is 0. The van der Waals surface area contributed by atoms with Crippen LogP contribution in [0.25, 0.3) is 10.9 Å². The van der Waals surface area contributed by atoms with Crippen LogP contribution in [0.5, 0.6) is 0 Å². The van der Waals surface area contributed by atoms with Crippen molar-refractivity contribution in [1.29, 1.82) is 0 Å². The lowest BCUT2D eigenvalue weighted by atomic mass is 10.0. The molecule has 0 saturated heterocycles. The third-order valence-electron chi connectivity index (χ3n) is 3.09. The molecule has 2 rings (SSSR count). The highest BCUT2D eigenvalue weighted by molar-refractivity contribution is 5.82. The summed E-state index contributed by atoms with van der Waals surface area (Å²) in [5, 5.41) is 4.79. The maximum absolute atomic E-state index is 4.39. The number of pyridine rings is 1. The van der Waals surface area contributed by atoms with Gasteiger partial charge in [0, 0.05) is 17.1 Å². The normalized spacial score (nSPS) is 12.0. The molecule has 0 saturated carbocycles. The van der Waals surface area contributed by atoms with Gasteiger partial charge in [-0.15, -0.1) is 0 Å². The Morgan fingerprint density at radius 3 is 2.67 bits per heavy atom. The average Bonchev–Trinajstić information content (AvgIpc) is 2.28. The number of nitrogens with zero attached hydrogens (tertiary/aromatic N) is 1. The van der Waals surface area contributed by atoms with Gasteiger partial charge in [-0.05, 0) is 70.0 Å². The lowest BCUT2D eigenvalue weighted by Crippen LogP contribution is -2.37. The fourth-order valence-corrected chi connectivity index (χ4v) is 2.07. The number of rotatable bonds is 3. The molecule has 0 aliphatic rings. The average molecular weight is 242 g/mol. The van der Waals surface area contributed by atoms with Gasteiger partial charge in [-0.25, -0.2) is 0 Å². The van der Waals surface area contributed by atoms with E-state index in [1.165, 1.54) is 16.5 Å². The molecule has 1 aromatic carbocycles. The van der Waals surface area contributed by atoms with E-state index in [2.05, 4.69) is 62.3 Å². The second kappa shape index (κ2) is 5.07. The fourth-order valence-electron chi connectivity index (χ4n) is 2.07. The largest absolute Gasteiger partial charge is 0.312 e. The third-order valence-corrected chi connectivity index (χ3v) is 3.09. The topological polar surface area (TPSA) is 24.9 Å². The number of fused-ring (bicyclic) bond motifs is 1. The number of aromatic nitrogens is 1. The van der Waals surface area contributed by atoms with Crippen molar-refractivity contribution in [2.75, 3.05) is 6.54 Å². The first-order chi connectivity index (χ1) is 8.46. The molecule has 2 aromatic rings. The summed E-state index contributed by atoms with van der Waals surface area (Å²) in [6.07, 6.45) is 2.93. The predicted molar refractivity (Wildman–Crippen MR) is 77.9 cm³/mol. The zero-order valence-electron chi connectivity index (χ0n) is 11.7. The van der Waals surface area contributed by atoms with E-state index in [1.54, 1.807) is 0 Å². The number of hydrogen-bond donors (Lipinski definition) is 1. The van der Waals surface area contributed by atoms with Crippen LogP contribution in [0.4, 0.5) is 0 Å². The number of nitrogens with one attached hydrogen (secondary N) is 1. The van der Waals surface area contributed by atoms with E-state index < -0.39 is 0 Å². The van der Waals surface area contributed by atoms with E-state index in [-0.39, 0.29) is 5.54 Å². The van der Waals surface area contributed by atoms with Crippen LogP contribution in [0.1, 0.15) is 31.9 Å². The Morgan fingerprint density at radius 2 is 1.94 bits per heavy atom.